The van der Waals surface area contributed by atoms with Crippen molar-refractivity contribution in [2.75, 3.05) is 0 Å². The molecule has 1 aromatic heterocycles. The van der Waals surface area contributed by atoms with Crippen molar-refractivity contribution in [1.29, 1.82) is 5.26 Å². The van der Waals surface area contributed by atoms with E-state index in [2.05, 4.69) is 5.10 Å². The van der Waals surface area contributed by atoms with Gasteiger partial charge in [-0.25, -0.2) is 9.07 Å². The zero-order valence-corrected chi connectivity index (χ0v) is 9.68. The summed E-state index contributed by atoms with van der Waals surface area (Å²) in [6.45, 7) is 4.06. The Balaban J connectivity index is 2.53. The van der Waals surface area contributed by atoms with Crippen LogP contribution in [0, 0.1) is 17.1 Å². The largest absolute Gasteiger partial charge is 0.239 e. The van der Waals surface area contributed by atoms with Crippen molar-refractivity contribution >= 4 is 0 Å². The van der Waals surface area contributed by atoms with Gasteiger partial charge in [0.25, 0.3) is 0 Å². The van der Waals surface area contributed by atoms with Crippen LogP contribution in [0.4, 0.5) is 4.39 Å². The fourth-order valence-electron chi connectivity index (χ4n) is 1.59. The van der Waals surface area contributed by atoms with Gasteiger partial charge < -0.3 is 0 Å². The summed E-state index contributed by atoms with van der Waals surface area (Å²) in [5, 5.41) is 13.3. The third-order valence-electron chi connectivity index (χ3n) is 2.55. The molecule has 0 radical (unpaired) electrons. The van der Waals surface area contributed by atoms with Gasteiger partial charge in [-0.1, -0.05) is 19.9 Å². The van der Waals surface area contributed by atoms with Gasteiger partial charge >= 0.3 is 0 Å². The van der Waals surface area contributed by atoms with E-state index >= 15 is 0 Å². The second-order valence-corrected chi connectivity index (χ2v) is 4.09. The summed E-state index contributed by atoms with van der Waals surface area (Å²) in [5.41, 5.74) is 1.41. The van der Waals surface area contributed by atoms with Crippen LogP contribution in [0.1, 0.15) is 31.0 Å². The number of halogens is 1. The lowest BCUT2D eigenvalue weighted by Gasteiger charge is -2.05. The number of nitrogens with zero attached hydrogens (tertiary/aromatic N) is 3. The average Bonchev–Trinajstić information content (AvgIpc) is 2.77. The summed E-state index contributed by atoms with van der Waals surface area (Å²) in [6.07, 6.45) is 1.74. The predicted molar refractivity (Wildman–Crippen MR) is 62.3 cm³/mol. The van der Waals surface area contributed by atoms with E-state index in [0.717, 1.165) is 5.69 Å². The van der Waals surface area contributed by atoms with Gasteiger partial charge in [0, 0.05) is 6.20 Å². The summed E-state index contributed by atoms with van der Waals surface area (Å²) in [4.78, 5) is 0. The lowest BCUT2D eigenvalue weighted by molar-refractivity contribution is 0.620. The van der Waals surface area contributed by atoms with Crippen LogP contribution in [0.2, 0.25) is 0 Å². The molecular formula is C13H12FN3. The summed E-state index contributed by atoms with van der Waals surface area (Å²) >= 11 is 0. The maximum atomic E-state index is 13.4. The van der Waals surface area contributed by atoms with E-state index in [1.807, 2.05) is 26.0 Å². The first-order valence-electron chi connectivity index (χ1n) is 5.38. The molecular weight excluding hydrogens is 217 g/mol. The molecule has 0 amide bonds. The molecule has 0 N–H and O–H groups in total. The van der Waals surface area contributed by atoms with E-state index in [4.69, 9.17) is 5.26 Å². The smallest absolute Gasteiger partial charge is 0.143 e. The first-order valence-corrected chi connectivity index (χ1v) is 5.38. The van der Waals surface area contributed by atoms with E-state index in [-0.39, 0.29) is 5.56 Å². The quantitative estimate of drug-likeness (QED) is 0.794. The maximum absolute atomic E-state index is 13.4. The highest BCUT2D eigenvalue weighted by atomic mass is 19.1. The molecule has 0 bridgehead atoms. The Kier molecular flexibility index (Phi) is 2.92. The fraction of sp³-hybridized carbons (Fsp3) is 0.231. The van der Waals surface area contributed by atoms with E-state index in [1.165, 1.54) is 10.7 Å². The highest BCUT2D eigenvalue weighted by Gasteiger charge is 2.11. The van der Waals surface area contributed by atoms with Gasteiger partial charge in [-0.2, -0.15) is 10.4 Å². The SMILES string of the molecule is CC(C)c1ccn(-c2cccc(F)c2C#N)n1. The van der Waals surface area contributed by atoms with Gasteiger partial charge in [0.15, 0.2) is 0 Å². The zero-order chi connectivity index (χ0) is 12.4. The lowest BCUT2D eigenvalue weighted by atomic mass is 10.1. The number of aromatic nitrogens is 2. The molecule has 2 rings (SSSR count). The topological polar surface area (TPSA) is 41.6 Å². The Morgan fingerprint density at radius 2 is 2.12 bits per heavy atom. The molecule has 0 aliphatic rings. The Bertz CT molecular complexity index is 579. The number of hydrogen-bond acceptors (Lipinski definition) is 2. The molecule has 17 heavy (non-hydrogen) atoms. The average molecular weight is 229 g/mol. The van der Waals surface area contributed by atoms with Crippen molar-refractivity contribution in [2.24, 2.45) is 0 Å². The predicted octanol–water partition coefficient (Wildman–Crippen LogP) is 3.01. The Morgan fingerprint density at radius 3 is 2.71 bits per heavy atom. The first-order chi connectivity index (χ1) is 8.13. The molecule has 0 aliphatic carbocycles. The van der Waals surface area contributed by atoms with Crippen LogP contribution >= 0.6 is 0 Å². The van der Waals surface area contributed by atoms with Gasteiger partial charge in [0.1, 0.15) is 17.4 Å². The van der Waals surface area contributed by atoms with Crippen LogP contribution < -0.4 is 0 Å². The van der Waals surface area contributed by atoms with Crippen molar-refractivity contribution in [1.82, 2.24) is 9.78 Å². The van der Waals surface area contributed by atoms with Crippen LogP contribution in [0.3, 0.4) is 0 Å². The molecule has 1 aromatic carbocycles. The molecule has 86 valence electrons. The molecule has 0 saturated carbocycles. The lowest BCUT2D eigenvalue weighted by Crippen LogP contribution is -2.01. The van der Waals surface area contributed by atoms with Crippen LogP contribution in [0.5, 0.6) is 0 Å². The second kappa shape index (κ2) is 4.38. The Hall–Kier alpha value is -2.15. The van der Waals surface area contributed by atoms with Crippen LogP contribution in [-0.4, -0.2) is 9.78 Å². The van der Waals surface area contributed by atoms with Crippen LogP contribution in [0.25, 0.3) is 5.69 Å². The third-order valence-corrected chi connectivity index (χ3v) is 2.55. The van der Waals surface area contributed by atoms with Crippen molar-refractivity contribution < 1.29 is 4.39 Å². The second-order valence-electron chi connectivity index (χ2n) is 4.09. The van der Waals surface area contributed by atoms with Gasteiger partial charge in [0.2, 0.25) is 0 Å². The van der Waals surface area contributed by atoms with Gasteiger partial charge in [-0.15, -0.1) is 0 Å². The minimum absolute atomic E-state index is 0.0194. The summed E-state index contributed by atoms with van der Waals surface area (Å²) < 4.78 is 15.0. The van der Waals surface area contributed by atoms with Crippen LogP contribution in [0.15, 0.2) is 30.5 Å². The molecule has 0 aliphatic heterocycles. The molecule has 0 saturated heterocycles. The number of benzene rings is 1. The molecule has 2 aromatic rings. The van der Waals surface area contributed by atoms with Crippen LogP contribution in [-0.2, 0) is 0 Å². The maximum Gasteiger partial charge on any atom is 0.143 e. The number of hydrogen-bond donors (Lipinski definition) is 0. The van der Waals surface area contributed by atoms with E-state index in [1.54, 1.807) is 18.3 Å². The van der Waals surface area contributed by atoms with Gasteiger partial charge in [0.05, 0.1) is 11.4 Å². The molecule has 0 fully saturated rings. The number of rotatable bonds is 2. The number of nitriles is 1. The molecule has 4 heteroatoms. The Morgan fingerprint density at radius 1 is 1.35 bits per heavy atom. The normalized spacial score (nSPS) is 10.5. The van der Waals surface area contributed by atoms with E-state index in [0.29, 0.717) is 11.6 Å². The van der Waals surface area contributed by atoms with Crippen molar-refractivity contribution in [3.8, 4) is 11.8 Å². The highest BCUT2D eigenvalue weighted by molar-refractivity contribution is 5.49. The molecule has 1 heterocycles. The van der Waals surface area contributed by atoms with E-state index < -0.39 is 5.82 Å². The first kappa shape index (κ1) is 11.3. The summed E-state index contributed by atoms with van der Waals surface area (Å²) in [6, 6.07) is 8.26. The fourth-order valence-corrected chi connectivity index (χ4v) is 1.59. The van der Waals surface area contributed by atoms with Gasteiger partial charge in [-0.05, 0) is 24.1 Å². The standard InChI is InChI=1S/C13H12FN3/c1-9(2)12-6-7-17(16-12)13-5-3-4-11(14)10(13)8-15/h3-7,9H,1-2H3. The Labute approximate surface area is 99.1 Å². The van der Waals surface area contributed by atoms with Gasteiger partial charge in [-0.3, -0.25) is 0 Å². The monoisotopic (exact) mass is 229 g/mol. The summed E-state index contributed by atoms with van der Waals surface area (Å²) in [5.74, 6) is -0.220. The molecule has 0 spiro atoms. The minimum atomic E-state index is -0.522. The zero-order valence-electron chi connectivity index (χ0n) is 9.68. The highest BCUT2D eigenvalue weighted by Crippen LogP contribution is 2.18. The van der Waals surface area contributed by atoms with E-state index in [9.17, 15) is 4.39 Å². The summed E-state index contributed by atoms with van der Waals surface area (Å²) in [7, 11) is 0. The molecule has 0 unspecified atom stereocenters. The minimum Gasteiger partial charge on any atom is -0.239 e. The van der Waals surface area contributed by atoms with Crippen molar-refractivity contribution in [2.45, 2.75) is 19.8 Å². The van der Waals surface area contributed by atoms with Crippen molar-refractivity contribution in [3.63, 3.8) is 0 Å². The third kappa shape index (κ3) is 2.04. The van der Waals surface area contributed by atoms with Crippen molar-refractivity contribution in [3.05, 3.63) is 47.5 Å². The molecule has 0 atom stereocenters. The molecule has 3 nitrogen and oxygen atoms in total.